The summed E-state index contributed by atoms with van der Waals surface area (Å²) in [5.41, 5.74) is 8.08. The van der Waals surface area contributed by atoms with Crippen molar-refractivity contribution in [2.75, 3.05) is 13.1 Å². The molecule has 2 aromatic rings. The van der Waals surface area contributed by atoms with Crippen LogP contribution in [0.1, 0.15) is 12.6 Å². The van der Waals surface area contributed by atoms with E-state index in [9.17, 15) is 4.79 Å². The number of likely N-dealkylation sites (tertiary alicyclic amines) is 1. The van der Waals surface area contributed by atoms with Crippen molar-refractivity contribution in [3.8, 4) is 0 Å². The van der Waals surface area contributed by atoms with Crippen molar-refractivity contribution in [2.24, 2.45) is 11.7 Å². The van der Waals surface area contributed by atoms with Gasteiger partial charge in [-0.15, -0.1) is 0 Å². The number of hydrogen-bond donors (Lipinski definition) is 2. The smallest absolute Gasteiger partial charge is 0.271 e. The summed E-state index contributed by atoms with van der Waals surface area (Å²) in [6.45, 7) is 4.46. The molecule has 0 bridgehead atoms. The number of para-hydroxylation sites is 2. The Labute approximate surface area is 111 Å². The van der Waals surface area contributed by atoms with Crippen LogP contribution >= 0.6 is 0 Å². The van der Waals surface area contributed by atoms with Gasteiger partial charge in [-0.3, -0.25) is 9.69 Å². The maximum absolute atomic E-state index is 12.0. The minimum Gasteiger partial charge on any atom is -0.326 e. The molecule has 1 aliphatic heterocycles. The minimum atomic E-state index is -0.105. The molecule has 0 saturated carbocycles. The van der Waals surface area contributed by atoms with Crippen LogP contribution in [0.15, 0.2) is 29.1 Å². The summed E-state index contributed by atoms with van der Waals surface area (Å²) in [7, 11) is 0. The third kappa shape index (κ3) is 2.39. The van der Waals surface area contributed by atoms with Crippen LogP contribution in [0.25, 0.3) is 11.0 Å². The fraction of sp³-hybridized carbons (Fsp3) is 0.429. The Bertz CT molecular complexity index is 641. The Balaban J connectivity index is 1.89. The van der Waals surface area contributed by atoms with Gasteiger partial charge in [-0.05, 0) is 18.1 Å². The first-order chi connectivity index (χ1) is 9.13. The van der Waals surface area contributed by atoms with Crippen LogP contribution in [-0.2, 0) is 6.54 Å². The van der Waals surface area contributed by atoms with Crippen molar-refractivity contribution in [1.29, 1.82) is 0 Å². The Morgan fingerprint density at radius 1 is 1.42 bits per heavy atom. The topological polar surface area (TPSA) is 75.0 Å². The zero-order valence-electron chi connectivity index (χ0n) is 11.0. The van der Waals surface area contributed by atoms with Crippen molar-refractivity contribution >= 4 is 11.0 Å². The lowest BCUT2D eigenvalue weighted by atomic mass is 10.1. The van der Waals surface area contributed by atoms with E-state index in [0.29, 0.717) is 18.2 Å². The molecule has 1 aromatic carbocycles. The average molecular weight is 258 g/mol. The summed E-state index contributed by atoms with van der Waals surface area (Å²) < 4.78 is 0. The molecule has 1 fully saturated rings. The standard InChI is InChI=1S/C14H18N4O/c1-9-6-18(7-10(9)15)8-13-14(19)17-12-5-3-2-4-11(12)16-13/h2-5,9-10H,6-8,15H2,1H3,(H,17,19). The van der Waals surface area contributed by atoms with Gasteiger partial charge in [0.2, 0.25) is 0 Å². The lowest BCUT2D eigenvalue weighted by molar-refractivity contribution is 0.314. The Hall–Kier alpha value is -1.72. The van der Waals surface area contributed by atoms with Crippen LogP contribution in [0.5, 0.6) is 0 Å². The van der Waals surface area contributed by atoms with Gasteiger partial charge in [-0.2, -0.15) is 0 Å². The lowest BCUT2D eigenvalue weighted by Crippen LogP contribution is -2.30. The number of fused-ring (bicyclic) bond motifs is 1. The van der Waals surface area contributed by atoms with E-state index in [4.69, 9.17) is 5.73 Å². The number of nitrogens with zero attached hydrogens (tertiary/aromatic N) is 2. The lowest BCUT2D eigenvalue weighted by Gasteiger charge is -2.14. The van der Waals surface area contributed by atoms with Gasteiger partial charge in [-0.1, -0.05) is 19.1 Å². The molecule has 5 heteroatoms. The molecule has 1 aromatic heterocycles. The van der Waals surface area contributed by atoms with Gasteiger partial charge in [0.1, 0.15) is 5.69 Å². The zero-order valence-corrected chi connectivity index (χ0v) is 11.0. The zero-order chi connectivity index (χ0) is 13.4. The van der Waals surface area contributed by atoms with Gasteiger partial charge in [0.05, 0.1) is 11.0 Å². The van der Waals surface area contributed by atoms with E-state index in [0.717, 1.165) is 24.1 Å². The Morgan fingerprint density at radius 3 is 2.95 bits per heavy atom. The second kappa shape index (κ2) is 4.75. The number of aromatic amines is 1. The number of H-pyrrole nitrogens is 1. The van der Waals surface area contributed by atoms with Gasteiger partial charge in [0.25, 0.3) is 5.56 Å². The highest BCUT2D eigenvalue weighted by molar-refractivity contribution is 5.73. The van der Waals surface area contributed by atoms with Gasteiger partial charge in [0.15, 0.2) is 0 Å². The molecule has 2 atom stereocenters. The molecule has 2 heterocycles. The largest absolute Gasteiger partial charge is 0.326 e. The predicted octanol–water partition coefficient (Wildman–Crippen LogP) is 0.702. The number of benzene rings is 1. The van der Waals surface area contributed by atoms with Crippen LogP contribution in [0.3, 0.4) is 0 Å². The molecule has 100 valence electrons. The highest BCUT2D eigenvalue weighted by Gasteiger charge is 2.27. The van der Waals surface area contributed by atoms with Crippen molar-refractivity contribution in [3.63, 3.8) is 0 Å². The number of nitrogens with two attached hydrogens (primary N) is 1. The van der Waals surface area contributed by atoms with Crippen molar-refractivity contribution in [2.45, 2.75) is 19.5 Å². The van der Waals surface area contributed by atoms with E-state index >= 15 is 0 Å². The molecule has 5 nitrogen and oxygen atoms in total. The Kier molecular flexibility index (Phi) is 3.08. The van der Waals surface area contributed by atoms with Crippen LogP contribution in [0.2, 0.25) is 0 Å². The molecule has 0 aliphatic carbocycles. The molecule has 0 radical (unpaired) electrons. The molecule has 3 rings (SSSR count). The number of hydrogen-bond acceptors (Lipinski definition) is 4. The van der Waals surface area contributed by atoms with E-state index in [1.165, 1.54) is 0 Å². The second-order valence-corrected chi connectivity index (χ2v) is 5.36. The molecular weight excluding hydrogens is 240 g/mol. The summed E-state index contributed by atoms with van der Waals surface area (Å²) in [6.07, 6.45) is 0. The second-order valence-electron chi connectivity index (χ2n) is 5.36. The third-order valence-corrected chi connectivity index (χ3v) is 3.79. The van der Waals surface area contributed by atoms with Gasteiger partial charge < -0.3 is 10.7 Å². The first-order valence-electron chi connectivity index (χ1n) is 6.59. The van der Waals surface area contributed by atoms with Crippen LogP contribution in [0, 0.1) is 5.92 Å². The SMILES string of the molecule is CC1CN(Cc2nc3ccccc3[nH]c2=O)CC1N. The molecule has 0 amide bonds. The van der Waals surface area contributed by atoms with Gasteiger partial charge in [-0.25, -0.2) is 4.98 Å². The number of rotatable bonds is 2. The molecule has 1 aliphatic rings. The van der Waals surface area contributed by atoms with Crippen LogP contribution in [-0.4, -0.2) is 34.0 Å². The molecule has 0 spiro atoms. The number of aromatic nitrogens is 2. The summed E-state index contributed by atoms with van der Waals surface area (Å²) in [5.74, 6) is 0.472. The summed E-state index contributed by atoms with van der Waals surface area (Å²) in [5, 5.41) is 0. The fourth-order valence-electron chi connectivity index (χ4n) is 2.61. The minimum absolute atomic E-state index is 0.105. The third-order valence-electron chi connectivity index (χ3n) is 3.79. The van der Waals surface area contributed by atoms with E-state index < -0.39 is 0 Å². The molecule has 2 unspecified atom stereocenters. The normalized spacial score (nSPS) is 24.1. The summed E-state index contributed by atoms with van der Waals surface area (Å²) in [4.78, 5) is 21.5. The van der Waals surface area contributed by atoms with Crippen molar-refractivity contribution in [1.82, 2.24) is 14.9 Å². The van der Waals surface area contributed by atoms with E-state index in [2.05, 4.69) is 21.8 Å². The van der Waals surface area contributed by atoms with Crippen molar-refractivity contribution in [3.05, 3.63) is 40.3 Å². The highest BCUT2D eigenvalue weighted by atomic mass is 16.1. The summed E-state index contributed by atoms with van der Waals surface area (Å²) >= 11 is 0. The van der Waals surface area contributed by atoms with Crippen LogP contribution in [0.4, 0.5) is 0 Å². The van der Waals surface area contributed by atoms with Crippen LogP contribution < -0.4 is 11.3 Å². The average Bonchev–Trinajstić information content (AvgIpc) is 2.69. The Morgan fingerprint density at radius 2 is 2.21 bits per heavy atom. The van der Waals surface area contributed by atoms with E-state index in [1.807, 2.05) is 24.3 Å². The van der Waals surface area contributed by atoms with E-state index in [-0.39, 0.29) is 11.6 Å². The maximum Gasteiger partial charge on any atom is 0.271 e. The first-order valence-corrected chi connectivity index (χ1v) is 6.59. The van der Waals surface area contributed by atoms with E-state index in [1.54, 1.807) is 0 Å². The molecule has 19 heavy (non-hydrogen) atoms. The highest BCUT2D eigenvalue weighted by Crippen LogP contribution is 2.16. The van der Waals surface area contributed by atoms with Crippen molar-refractivity contribution < 1.29 is 0 Å². The molecule has 1 saturated heterocycles. The number of nitrogens with one attached hydrogen (secondary N) is 1. The summed E-state index contributed by atoms with van der Waals surface area (Å²) in [6, 6.07) is 7.78. The molecular formula is C14H18N4O. The fourth-order valence-corrected chi connectivity index (χ4v) is 2.61. The first kappa shape index (κ1) is 12.3. The molecule has 3 N–H and O–H groups in total. The predicted molar refractivity (Wildman–Crippen MR) is 74.8 cm³/mol. The quantitative estimate of drug-likeness (QED) is 0.831. The maximum atomic E-state index is 12.0. The monoisotopic (exact) mass is 258 g/mol. The van der Waals surface area contributed by atoms with Gasteiger partial charge in [0, 0.05) is 25.7 Å². The van der Waals surface area contributed by atoms with Gasteiger partial charge >= 0.3 is 0 Å².